The predicted octanol–water partition coefficient (Wildman–Crippen LogP) is 3.42. The molecule has 1 amide bonds. The van der Waals surface area contributed by atoms with E-state index in [1.165, 1.54) is 0 Å². The van der Waals surface area contributed by atoms with Gasteiger partial charge in [-0.05, 0) is 24.3 Å². The summed E-state index contributed by atoms with van der Waals surface area (Å²) in [7, 11) is 0. The Morgan fingerprint density at radius 1 is 1.18 bits per heavy atom. The molecule has 1 atom stereocenters. The number of anilines is 1. The first-order valence-corrected chi connectivity index (χ1v) is 7.62. The van der Waals surface area contributed by atoms with E-state index in [0.717, 1.165) is 5.56 Å². The minimum atomic E-state index is -0.364. The zero-order valence-corrected chi connectivity index (χ0v) is 13.4. The number of amides is 1. The van der Waals surface area contributed by atoms with Gasteiger partial charge in [0.05, 0.1) is 6.54 Å². The van der Waals surface area contributed by atoms with Crippen LogP contribution in [0.3, 0.4) is 0 Å². The van der Waals surface area contributed by atoms with Crippen LogP contribution in [0.2, 0.25) is 10.0 Å². The fraction of sp³-hybridized carbons (Fsp3) is 0.118. The van der Waals surface area contributed by atoms with E-state index in [0.29, 0.717) is 22.3 Å². The molecule has 0 aromatic heterocycles. The topological polar surface area (TPSA) is 45.7 Å². The molecule has 5 heteroatoms. The van der Waals surface area contributed by atoms with Gasteiger partial charge in [-0.2, -0.15) is 0 Å². The van der Waals surface area contributed by atoms with Crippen molar-refractivity contribution in [2.45, 2.75) is 6.04 Å². The molecule has 0 saturated heterocycles. The van der Waals surface area contributed by atoms with Crippen LogP contribution < -0.4 is 10.6 Å². The van der Waals surface area contributed by atoms with Gasteiger partial charge >= 0.3 is 0 Å². The minimum Gasteiger partial charge on any atom is -0.329 e. The molecule has 0 fully saturated rings. The maximum Gasteiger partial charge on any atom is 0.287 e. The number of quaternary nitrogens is 1. The highest BCUT2D eigenvalue weighted by atomic mass is 35.5. The molecule has 0 aliphatic heterocycles. The van der Waals surface area contributed by atoms with E-state index < -0.39 is 0 Å². The van der Waals surface area contributed by atoms with Crippen LogP contribution in [0.15, 0.2) is 61.2 Å². The molecule has 3 nitrogen and oxygen atoms in total. The second kappa shape index (κ2) is 7.99. The molecule has 22 heavy (non-hydrogen) atoms. The Hall–Kier alpha value is -1.81. The third kappa shape index (κ3) is 4.60. The van der Waals surface area contributed by atoms with Gasteiger partial charge in [0.1, 0.15) is 0 Å². The van der Waals surface area contributed by atoms with E-state index >= 15 is 0 Å². The lowest BCUT2D eigenvalue weighted by atomic mass is 10.1. The third-order valence-electron chi connectivity index (χ3n) is 3.11. The molecule has 2 aromatic carbocycles. The van der Waals surface area contributed by atoms with E-state index in [1.807, 2.05) is 35.6 Å². The van der Waals surface area contributed by atoms with Gasteiger partial charge in [-0.15, -0.1) is 0 Å². The first-order valence-electron chi connectivity index (χ1n) is 6.86. The van der Waals surface area contributed by atoms with Crippen LogP contribution in [0, 0.1) is 0 Å². The van der Waals surface area contributed by atoms with E-state index in [-0.39, 0.29) is 11.9 Å². The van der Waals surface area contributed by atoms with Gasteiger partial charge in [0.2, 0.25) is 0 Å². The van der Waals surface area contributed by atoms with Crippen molar-refractivity contribution in [2.75, 3.05) is 11.9 Å². The zero-order valence-electron chi connectivity index (χ0n) is 11.9. The molecule has 2 rings (SSSR count). The van der Waals surface area contributed by atoms with Crippen molar-refractivity contribution in [3.8, 4) is 0 Å². The molecule has 3 N–H and O–H groups in total. The molecule has 114 valence electrons. The first-order chi connectivity index (χ1) is 10.6. The summed E-state index contributed by atoms with van der Waals surface area (Å²) in [5.74, 6) is -0.133. The fourth-order valence-corrected chi connectivity index (χ4v) is 2.66. The number of benzene rings is 2. The number of nitrogens with two attached hydrogens (primary N) is 1. The molecule has 0 bridgehead atoms. The molecule has 0 spiro atoms. The van der Waals surface area contributed by atoms with Crippen LogP contribution in [0.5, 0.6) is 0 Å². The highest BCUT2D eigenvalue weighted by Gasteiger charge is 2.23. The van der Waals surface area contributed by atoms with Gasteiger partial charge in [0.15, 0.2) is 6.04 Å². The van der Waals surface area contributed by atoms with E-state index in [1.54, 1.807) is 24.3 Å². The molecule has 0 saturated carbocycles. The highest BCUT2D eigenvalue weighted by molar-refractivity contribution is 6.35. The van der Waals surface area contributed by atoms with E-state index in [4.69, 9.17) is 23.2 Å². The lowest BCUT2D eigenvalue weighted by Crippen LogP contribution is -2.87. The summed E-state index contributed by atoms with van der Waals surface area (Å²) in [5.41, 5.74) is 1.51. The summed E-state index contributed by atoms with van der Waals surface area (Å²) in [4.78, 5) is 12.6. The molecule has 0 unspecified atom stereocenters. The van der Waals surface area contributed by atoms with Crippen molar-refractivity contribution in [1.29, 1.82) is 0 Å². The quantitative estimate of drug-likeness (QED) is 0.780. The van der Waals surface area contributed by atoms with Gasteiger partial charge < -0.3 is 10.6 Å². The number of hydrogen-bond donors (Lipinski definition) is 2. The lowest BCUT2D eigenvalue weighted by Gasteiger charge is -2.15. The van der Waals surface area contributed by atoms with Gasteiger partial charge in [-0.1, -0.05) is 60.1 Å². The van der Waals surface area contributed by atoms with Gasteiger partial charge in [-0.25, -0.2) is 0 Å². The van der Waals surface area contributed by atoms with Gasteiger partial charge in [-0.3, -0.25) is 4.79 Å². The van der Waals surface area contributed by atoms with Crippen LogP contribution in [-0.4, -0.2) is 12.5 Å². The second-order valence-corrected chi connectivity index (χ2v) is 5.67. The van der Waals surface area contributed by atoms with Crippen LogP contribution in [0.1, 0.15) is 11.6 Å². The van der Waals surface area contributed by atoms with Crippen molar-refractivity contribution >= 4 is 34.8 Å². The van der Waals surface area contributed by atoms with Crippen LogP contribution >= 0.6 is 23.2 Å². The normalized spacial score (nSPS) is 11.7. The average Bonchev–Trinajstić information content (AvgIpc) is 2.47. The molecule has 2 aromatic rings. The van der Waals surface area contributed by atoms with Gasteiger partial charge in [0.25, 0.3) is 5.91 Å². The summed E-state index contributed by atoms with van der Waals surface area (Å²) in [6.07, 6.45) is 1.76. The number of carbonyl (C=O) groups excluding carboxylic acids is 1. The van der Waals surface area contributed by atoms with Crippen LogP contribution in [-0.2, 0) is 4.79 Å². The van der Waals surface area contributed by atoms with Crippen molar-refractivity contribution in [1.82, 2.24) is 0 Å². The predicted molar refractivity (Wildman–Crippen MR) is 91.3 cm³/mol. The second-order valence-electron chi connectivity index (χ2n) is 4.80. The Labute approximate surface area is 139 Å². The highest BCUT2D eigenvalue weighted by Crippen LogP contribution is 2.23. The Morgan fingerprint density at radius 3 is 2.41 bits per heavy atom. The Balaban J connectivity index is 2.20. The monoisotopic (exact) mass is 335 g/mol. The number of hydrogen-bond acceptors (Lipinski definition) is 1. The molecular weight excluding hydrogens is 319 g/mol. The van der Waals surface area contributed by atoms with E-state index in [2.05, 4.69) is 11.9 Å². The number of nitrogens with one attached hydrogen (secondary N) is 1. The van der Waals surface area contributed by atoms with Crippen molar-refractivity contribution in [3.63, 3.8) is 0 Å². The SMILES string of the molecule is C=CC[NH2+][C@@H](C(=O)Nc1cc(Cl)cc(Cl)c1)c1ccccc1. The first kappa shape index (κ1) is 16.6. The maximum absolute atomic E-state index is 12.6. The van der Waals surface area contributed by atoms with Crippen LogP contribution in [0.4, 0.5) is 5.69 Å². The van der Waals surface area contributed by atoms with E-state index in [9.17, 15) is 4.79 Å². The van der Waals surface area contributed by atoms with Crippen molar-refractivity contribution in [2.24, 2.45) is 0 Å². The van der Waals surface area contributed by atoms with Crippen molar-refractivity contribution in [3.05, 3.63) is 76.8 Å². The maximum atomic E-state index is 12.6. The third-order valence-corrected chi connectivity index (χ3v) is 3.55. The summed E-state index contributed by atoms with van der Waals surface area (Å²) in [6, 6.07) is 14.2. The fourth-order valence-electron chi connectivity index (χ4n) is 2.13. The molecule has 0 heterocycles. The Kier molecular flexibility index (Phi) is 6.01. The number of rotatable bonds is 6. The molecular formula is C17H17Cl2N2O+. The minimum absolute atomic E-state index is 0.133. The standard InChI is InChI=1S/C17H16Cl2N2O/c1-2-8-20-16(12-6-4-3-5-7-12)17(22)21-15-10-13(18)9-14(19)11-15/h2-7,9-11,16,20H,1,8H2,(H,21,22)/p+1/t16-/m1/s1. The zero-order chi connectivity index (χ0) is 15.9. The molecule has 0 aliphatic carbocycles. The summed E-state index contributed by atoms with van der Waals surface area (Å²) >= 11 is 11.9. The van der Waals surface area contributed by atoms with Crippen molar-refractivity contribution < 1.29 is 10.1 Å². The molecule has 0 radical (unpaired) electrons. The van der Waals surface area contributed by atoms with Gasteiger partial charge in [0, 0.05) is 21.3 Å². The molecule has 0 aliphatic rings. The van der Waals surface area contributed by atoms with Crippen LogP contribution in [0.25, 0.3) is 0 Å². The number of carbonyl (C=O) groups is 1. The summed E-state index contributed by atoms with van der Waals surface area (Å²) in [6.45, 7) is 4.34. The Morgan fingerprint density at radius 2 is 1.82 bits per heavy atom. The lowest BCUT2D eigenvalue weighted by molar-refractivity contribution is -0.674. The average molecular weight is 336 g/mol. The summed E-state index contributed by atoms with van der Waals surface area (Å²) in [5, 5.41) is 5.74. The Bertz CT molecular complexity index is 639. The summed E-state index contributed by atoms with van der Waals surface area (Å²) < 4.78 is 0. The number of halogens is 2. The largest absolute Gasteiger partial charge is 0.329 e. The smallest absolute Gasteiger partial charge is 0.287 e.